The lowest BCUT2D eigenvalue weighted by molar-refractivity contribution is 0.0696. The van der Waals surface area contributed by atoms with Gasteiger partial charge in [-0.15, -0.1) is 11.3 Å². The Morgan fingerprint density at radius 3 is 2.82 bits per heavy atom. The Kier molecular flexibility index (Phi) is 5.28. The van der Waals surface area contributed by atoms with Crippen molar-refractivity contribution < 1.29 is 18.3 Å². The quantitative estimate of drug-likeness (QED) is 0.801. The lowest BCUT2D eigenvalue weighted by Crippen LogP contribution is -2.27. The minimum Gasteiger partial charge on any atom is -0.478 e. The van der Waals surface area contributed by atoms with E-state index in [2.05, 4.69) is 9.71 Å². The summed E-state index contributed by atoms with van der Waals surface area (Å²) >= 11 is 1.44. The molecule has 0 saturated heterocycles. The highest BCUT2D eigenvalue weighted by Crippen LogP contribution is 2.13. The molecule has 0 unspecified atom stereocenters. The number of thiazole rings is 1. The molecule has 0 spiro atoms. The Morgan fingerprint density at radius 2 is 2.18 bits per heavy atom. The summed E-state index contributed by atoms with van der Waals surface area (Å²) in [6.45, 7) is 1.93. The van der Waals surface area contributed by atoms with Crippen LogP contribution < -0.4 is 4.72 Å². The van der Waals surface area contributed by atoms with Crippen molar-refractivity contribution in [1.82, 2.24) is 9.71 Å². The second-order valence-electron chi connectivity index (χ2n) is 4.76. The largest absolute Gasteiger partial charge is 0.478 e. The summed E-state index contributed by atoms with van der Waals surface area (Å²) in [7, 11) is -3.42. The molecular weight excluding hydrogens is 324 g/mol. The maximum Gasteiger partial charge on any atom is 0.335 e. The van der Waals surface area contributed by atoms with Gasteiger partial charge in [-0.25, -0.2) is 22.9 Å². The fourth-order valence-corrected chi connectivity index (χ4v) is 3.79. The van der Waals surface area contributed by atoms with Crippen molar-refractivity contribution in [2.75, 3.05) is 5.75 Å². The summed E-state index contributed by atoms with van der Waals surface area (Å²) in [5.41, 5.74) is 3.30. The third-order valence-corrected chi connectivity index (χ3v) is 5.43. The molecule has 0 aliphatic heterocycles. The van der Waals surface area contributed by atoms with Crippen molar-refractivity contribution in [3.8, 4) is 0 Å². The van der Waals surface area contributed by atoms with Crippen LogP contribution in [-0.2, 0) is 23.0 Å². The summed E-state index contributed by atoms with van der Waals surface area (Å²) in [4.78, 5) is 15.9. The first-order chi connectivity index (χ1) is 10.4. The number of hydrogen-bond donors (Lipinski definition) is 2. The molecule has 2 N–H and O–H groups in total. The number of rotatable bonds is 7. The third-order valence-electron chi connectivity index (χ3n) is 3.11. The number of aromatic carboxylic acids is 1. The fourth-order valence-electron chi connectivity index (χ4n) is 1.87. The first kappa shape index (κ1) is 16.6. The van der Waals surface area contributed by atoms with Gasteiger partial charge in [0.25, 0.3) is 0 Å². The number of nitrogens with zero attached hydrogens (tertiary/aromatic N) is 1. The van der Waals surface area contributed by atoms with E-state index in [-0.39, 0.29) is 17.9 Å². The van der Waals surface area contributed by atoms with E-state index in [4.69, 9.17) is 5.11 Å². The second-order valence-corrected chi connectivity index (χ2v) is 7.62. The van der Waals surface area contributed by atoms with E-state index in [9.17, 15) is 13.2 Å². The molecule has 8 heteroatoms. The van der Waals surface area contributed by atoms with Crippen LogP contribution >= 0.6 is 11.3 Å². The number of sulfonamides is 1. The van der Waals surface area contributed by atoms with Crippen LogP contribution in [0.25, 0.3) is 0 Å². The summed E-state index contributed by atoms with van der Waals surface area (Å²) in [5.74, 6) is -1.06. The van der Waals surface area contributed by atoms with E-state index in [1.54, 1.807) is 17.6 Å². The molecular formula is C14H16N2O4S2. The van der Waals surface area contributed by atoms with Gasteiger partial charge in [0, 0.05) is 11.4 Å². The van der Waals surface area contributed by atoms with Crippen LogP contribution in [-0.4, -0.2) is 30.2 Å². The molecule has 0 radical (unpaired) electrons. The Hall–Kier alpha value is -1.77. The monoisotopic (exact) mass is 340 g/mol. The van der Waals surface area contributed by atoms with Crippen molar-refractivity contribution in [2.24, 2.45) is 0 Å². The van der Waals surface area contributed by atoms with Crippen molar-refractivity contribution in [3.63, 3.8) is 0 Å². The van der Waals surface area contributed by atoms with Crippen LogP contribution in [0.15, 0.2) is 29.8 Å². The van der Waals surface area contributed by atoms with Gasteiger partial charge in [-0.2, -0.15) is 0 Å². The van der Waals surface area contributed by atoms with Gasteiger partial charge < -0.3 is 5.11 Å². The molecule has 22 heavy (non-hydrogen) atoms. The van der Waals surface area contributed by atoms with Gasteiger partial charge in [-0.05, 0) is 31.0 Å². The Labute approximate surface area is 132 Å². The van der Waals surface area contributed by atoms with Gasteiger partial charge >= 0.3 is 5.97 Å². The van der Waals surface area contributed by atoms with Crippen molar-refractivity contribution in [2.45, 2.75) is 19.9 Å². The SMILES string of the molecule is Cc1ncsc1CCS(=O)(=O)NCc1cccc(C(=O)O)c1. The molecule has 118 valence electrons. The van der Waals surface area contributed by atoms with Crippen LogP contribution in [0, 0.1) is 6.92 Å². The molecule has 0 amide bonds. The summed E-state index contributed by atoms with van der Waals surface area (Å²) in [6.07, 6.45) is 0.418. The number of aromatic nitrogens is 1. The van der Waals surface area contributed by atoms with Crippen molar-refractivity contribution >= 4 is 27.3 Å². The highest BCUT2D eigenvalue weighted by molar-refractivity contribution is 7.89. The van der Waals surface area contributed by atoms with E-state index < -0.39 is 16.0 Å². The van der Waals surface area contributed by atoms with E-state index >= 15 is 0 Å². The van der Waals surface area contributed by atoms with E-state index in [1.807, 2.05) is 6.92 Å². The highest BCUT2D eigenvalue weighted by atomic mass is 32.2. The standard InChI is InChI=1S/C14H16N2O4S2/c1-10-13(21-9-15-10)5-6-22(19,20)16-8-11-3-2-4-12(7-11)14(17)18/h2-4,7,9,16H,5-6,8H2,1H3,(H,17,18). The predicted octanol–water partition coefficient (Wildman–Crippen LogP) is 1.81. The zero-order valence-electron chi connectivity index (χ0n) is 11.9. The number of aryl methyl sites for hydroxylation is 2. The maximum atomic E-state index is 12.0. The van der Waals surface area contributed by atoms with Gasteiger partial charge in [0.2, 0.25) is 10.0 Å². The van der Waals surface area contributed by atoms with Gasteiger partial charge in [0.05, 0.1) is 22.5 Å². The molecule has 0 atom stereocenters. The number of carboxylic acids is 1. The van der Waals surface area contributed by atoms with Crippen molar-refractivity contribution in [3.05, 3.63) is 51.5 Å². The lowest BCUT2D eigenvalue weighted by Gasteiger charge is -2.07. The smallest absolute Gasteiger partial charge is 0.335 e. The average molecular weight is 340 g/mol. The predicted molar refractivity (Wildman–Crippen MR) is 84.6 cm³/mol. The molecule has 0 aliphatic carbocycles. The van der Waals surface area contributed by atoms with Gasteiger partial charge in [-0.1, -0.05) is 12.1 Å². The lowest BCUT2D eigenvalue weighted by atomic mass is 10.1. The second kappa shape index (κ2) is 6.99. The molecule has 0 aliphatic rings. The van der Waals surface area contributed by atoms with Gasteiger partial charge in [-0.3, -0.25) is 0 Å². The topological polar surface area (TPSA) is 96.4 Å². The summed E-state index contributed by atoms with van der Waals surface area (Å²) in [5, 5.41) is 8.91. The van der Waals surface area contributed by atoms with Gasteiger partial charge in [0.1, 0.15) is 0 Å². The van der Waals surface area contributed by atoms with Crippen LogP contribution in [0.1, 0.15) is 26.5 Å². The maximum absolute atomic E-state index is 12.0. The zero-order valence-corrected chi connectivity index (χ0v) is 13.6. The minimum atomic E-state index is -3.42. The zero-order chi connectivity index (χ0) is 16.2. The number of carboxylic acid groups (broad SMARTS) is 1. The van der Waals surface area contributed by atoms with E-state index in [0.717, 1.165) is 10.6 Å². The third kappa shape index (κ3) is 4.62. The summed E-state index contributed by atoms with van der Waals surface area (Å²) in [6, 6.07) is 6.20. The van der Waals surface area contributed by atoms with E-state index in [1.165, 1.54) is 23.5 Å². The van der Waals surface area contributed by atoms with Crippen LogP contribution in [0.4, 0.5) is 0 Å². The number of benzene rings is 1. The first-order valence-corrected chi connectivity index (χ1v) is 9.09. The average Bonchev–Trinajstić information content (AvgIpc) is 2.89. The molecule has 6 nitrogen and oxygen atoms in total. The van der Waals surface area contributed by atoms with E-state index in [0.29, 0.717) is 12.0 Å². The van der Waals surface area contributed by atoms with Crippen LogP contribution in [0.2, 0.25) is 0 Å². The minimum absolute atomic E-state index is 0.0192. The van der Waals surface area contributed by atoms with Crippen LogP contribution in [0.3, 0.4) is 0 Å². The molecule has 1 heterocycles. The molecule has 2 aromatic rings. The molecule has 0 fully saturated rings. The molecule has 0 bridgehead atoms. The first-order valence-electron chi connectivity index (χ1n) is 6.56. The molecule has 1 aromatic carbocycles. The van der Waals surface area contributed by atoms with Crippen LogP contribution in [0.5, 0.6) is 0 Å². The fraction of sp³-hybridized carbons (Fsp3) is 0.286. The normalized spacial score (nSPS) is 11.5. The molecule has 1 aromatic heterocycles. The summed E-state index contributed by atoms with van der Waals surface area (Å²) < 4.78 is 26.5. The number of nitrogens with one attached hydrogen (secondary N) is 1. The number of carbonyl (C=O) groups is 1. The Morgan fingerprint density at radius 1 is 1.41 bits per heavy atom. The highest BCUT2D eigenvalue weighted by Gasteiger charge is 2.13. The molecule has 2 rings (SSSR count). The van der Waals surface area contributed by atoms with Gasteiger partial charge in [0.15, 0.2) is 0 Å². The Balaban J connectivity index is 1.93. The number of hydrogen-bond acceptors (Lipinski definition) is 5. The molecule has 0 saturated carbocycles. The van der Waals surface area contributed by atoms with Crippen molar-refractivity contribution in [1.29, 1.82) is 0 Å². The Bertz CT molecular complexity index is 769.